The van der Waals surface area contributed by atoms with Crippen molar-refractivity contribution in [2.24, 2.45) is 10.7 Å². The number of imidazole rings is 1. The molecule has 3 aromatic rings. The van der Waals surface area contributed by atoms with Crippen molar-refractivity contribution in [3.63, 3.8) is 0 Å². The van der Waals surface area contributed by atoms with Gasteiger partial charge in [0.2, 0.25) is 16.8 Å². The Morgan fingerprint density at radius 2 is 2.06 bits per heavy atom. The molecule has 0 bridgehead atoms. The number of aliphatic imine (C=N–C) groups is 1. The lowest BCUT2D eigenvalue weighted by Gasteiger charge is -2.16. The SMILES string of the molecule is Cc1ccc(-c2cc3c(cc2Sc2nc4c(n2CCNS(C)(=O)=O)NCN=C4N)OCO3)o1. The third kappa shape index (κ3) is 4.38. The van der Waals surface area contributed by atoms with Gasteiger partial charge in [-0.05, 0) is 31.2 Å². The summed E-state index contributed by atoms with van der Waals surface area (Å²) in [5, 5.41) is 3.80. The van der Waals surface area contributed by atoms with E-state index >= 15 is 0 Å². The van der Waals surface area contributed by atoms with Gasteiger partial charge >= 0.3 is 0 Å². The smallest absolute Gasteiger partial charge is 0.231 e. The fraction of sp³-hybridized carbons (Fsp3) is 0.300. The highest BCUT2D eigenvalue weighted by Crippen LogP contribution is 2.45. The van der Waals surface area contributed by atoms with E-state index in [9.17, 15) is 8.42 Å². The molecule has 4 N–H and O–H groups in total. The number of nitrogens with zero attached hydrogens (tertiary/aromatic N) is 3. The summed E-state index contributed by atoms with van der Waals surface area (Å²) >= 11 is 1.39. The summed E-state index contributed by atoms with van der Waals surface area (Å²) in [6.45, 7) is 2.88. The fourth-order valence-electron chi connectivity index (χ4n) is 3.57. The Kier molecular flexibility index (Phi) is 5.46. The van der Waals surface area contributed by atoms with Gasteiger partial charge in [0.25, 0.3) is 0 Å². The first-order valence-corrected chi connectivity index (χ1v) is 12.8. The minimum atomic E-state index is -3.33. The van der Waals surface area contributed by atoms with Gasteiger partial charge in [-0.25, -0.2) is 23.1 Å². The van der Waals surface area contributed by atoms with Gasteiger partial charge in [-0.2, -0.15) is 0 Å². The molecule has 11 nitrogen and oxygen atoms in total. The second-order valence-corrected chi connectivity index (χ2v) is 10.3. The Hall–Kier alpha value is -3.16. The number of aromatic nitrogens is 2. The van der Waals surface area contributed by atoms with Gasteiger partial charge in [0.1, 0.15) is 35.5 Å². The molecule has 2 aliphatic rings. The Bertz CT molecular complexity index is 1360. The van der Waals surface area contributed by atoms with E-state index in [1.807, 2.05) is 35.8 Å². The van der Waals surface area contributed by atoms with Crippen molar-refractivity contribution in [2.75, 3.05) is 31.6 Å². The normalized spacial score (nSPS) is 14.7. The molecule has 1 aromatic carbocycles. The number of rotatable bonds is 7. The summed E-state index contributed by atoms with van der Waals surface area (Å²) in [6, 6.07) is 7.57. The molecule has 0 unspecified atom stereocenters. The molecule has 0 saturated carbocycles. The summed E-state index contributed by atoms with van der Waals surface area (Å²) in [5.74, 6) is 3.76. The molecule has 0 amide bonds. The summed E-state index contributed by atoms with van der Waals surface area (Å²) in [5.41, 5.74) is 7.43. The zero-order valence-electron chi connectivity index (χ0n) is 17.9. The standard InChI is InChI=1S/C20H22N6O5S2/c1-11-3-4-13(31-11)12-7-14-15(30-10-29-14)8-16(12)32-20-25-17-18(21)22-9-23-19(17)26(20)6-5-24-33(2,27)28/h3-4,7-8,23-24H,5-6,9-10H2,1-2H3,(H2,21,22). The van der Waals surface area contributed by atoms with Crippen molar-refractivity contribution >= 4 is 33.4 Å². The molecule has 2 aromatic heterocycles. The highest BCUT2D eigenvalue weighted by atomic mass is 32.2. The van der Waals surface area contributed by atoms with E-state index in [1.165, 1.54) is 11.8 Å². The van der Waals surface area contributed by atoms with E-state index < -0.39 is 10.0 Å². The Morgan fingerprint density at radius 3 is 2.79 bits per heavy atom. The molecule has 4 heterocycles. The molecular formula is C20H22N6O5S2. The van der Waals surface area contributed by atoms with Crippen LogP contribution in [-0.4, -0.2) is 50.1 Å². The van der Waals surface area contributed by atoms with Crippen molar-refractivity contribution in [3.8, 4) is 22.8 Å². The first-order valence-electron chi connectivity index (χ1n) is 10.1. The molecule has 0 radical (unpaired) electrons. The minimum Gasteiger partial charge on any atom is -0.461 e. The van der Waals surface area contributed by atoms with Crippen molar-refractivity contribution in [3.05, 3.63) is 35.7 Å². The molecule has 0 saturated heterocycles. The maximum absolute atomic E-state index is 11.6. The number of sulfonamides is 1. The molecule has 0 aliphatic carbocycles. The van der Waals surface area contributed by atoms with Crippen LogP contribution in [0.15, 0.2) is 43.7 Å². The summed E-state index contributed by atoms with van der Waals surface area (Å²) in [6.07, 6.45) is 1.12. The minimum absolute atomic E-state index is 0.150. The summed E-state index contributed by atoms with van der Waals surface area (Å²) < 4.78 is 44.5. The maximum atomic E-state index is 11.6. The zero-order chi connectivity index (χ0) is 23.2. The summed E-state index contributed by atoms with van der Waals surface area (Å²) in [4.78, 5) is 9.74. The van der Waals surface area contributed by atoms with Crippen LogP contribution < -0.4 is 25.2 Å². The van der Waals surface area contributed by atoms with E-state index in [0.717, 1.165) is 22.5 Å². The van der Waals surface area contributed by atoms with E-state index in [0.29, 0.717) is 53.0 Å². The van der Waals surface area contributed by atoms with E-state index in [4.69, 9.17) is 24.6 Å². The molecule has 2 aliphatic heterocycles. The molecule has 174 valence electrons. The predicted octanol–water partition coefficient (Wildman–Crippen LogP) is 1.97. The highest BCUT2D eigenvalue weighted by molar-refractivity contribution is 7.99. The van der Waals surface area contributed by atoms with Gasteiger partial charge in [0, 0.05) is 23.5 Å². The van der Waals surface area contributed by atoms with E-state index in [2.05, 4.69) is 15.0 Å². The van der Waals surface area contributed by atoms with Crippen LogP contribution in [0.25, 0.3) is 11.3 Å². The Balaban J connectivity index is 1.56. The first kappa shape index (κ1) is 21.7. The fourth-order valence-corrected chi connectivity index (χ4v) is 5.09. The molecule has 13 heteroatoms. The van der Waals surface area contributed by atoms with Gasteiger partial charge < -0.3 is 29.5 Å². The summed E-state index contributed by atoms with van der Waals surface area (Å²) in [7, 11) is -3.33. The maximum Gasteiger partial charge on any atom is 0.231 e. The number of anilines is 1. The van der Waals surface area contributed by atoms with Crippen LogP contribution in [0, 0.1) is 6.92 Å². The van der Waals surface area contributed by atoms with Gasteiger partial charge in [-0.1, -0.05) is 11.8 Å². The van der Waals surface area contributed by atoms with Crippen LogP contribution in [0.2, 0.25) is 0 Å². The molecule has 5 rings (SSSR count). The topological polar surface area (TPSA) is 146 Å². The lowest BCUT2D eigenvalue weighted by molar-refractivity contribution is 0.174. The second kappa shape index (κ2) is 8.32. The van der Waals surface area contributed by atoms with Crippen LogP contribution >= 0.6 is 11.8 Å². The van der Waals surface area contributed by atoms with Gasteiger partial charge in [0.05, 0.1) is 6.26 Å². The predicted molar refractivity (Wildman–Crippen MR) is 123 cm³/mol. The Labute approximate surface area is 194 Å². The van der Waals surface area contributed by atoms with Crippen molar-refractivity contribution in [2.45, 2.75) is 23.5 Å². The van der Waals surface area contributed by atoms with Gasteiger partial charge in [-0.3, -0.25) is 0 Å². The number of hydrogen-bond acceptors (Lipinski definition) is 10. The monoisotopic (exact) mass is 490 g/mol. The number of nitrogens with two attached hydrogens (primary N) is 1. The number of hydrogen-bond donors (Lipinski definition) is 3. The first-order chi connectivity index (χ1) is 15.8. The second-order valence-electron chi connectivity index (χ2n) is 7.50. The molecule has 0 spiro atoms. The zero-order valence-corrected chi connectivity index (χ0v) is 19.5. The van der Waals surface area contributed by atoms with Crippen molar-refractivity contribution in [1.29, 1.82) is 0 Å². The van der Waals surface area contributed by atoms with Crippen molar-refractivity contribution < 1.29 is 22.3 Å². The van der Waals surface area contributed by atoms with Gasteiger partial charge in [0.15, 0.2) is 16.7 Å². The Morgan fingerprint density at radius 1 is 1.27 bits per heavy atom. The number of amidine groups is 1. The molecule has 33 heavy (non-hydrogen) atoms. The number of benzene rings is 1. The number of ether oxygens (including phenoxy) is 2. The van der Waals surface area contributed by atoms with Gasteiger partial charge in [-0.15, -0.1) is 0 Å². The average molecular weight is 491 g/mol. The molecule has 0 atom stereocenters. The number of furan rings is 1. The third-order valence-electron chi connectivity index (χ3n) is 5.05. The van der Waals surface area contributed by atoms with Crippen LogP contribution in [0.1, 0.15) is 11.5 Å². The molecular weight excluding hydrogens is 468 g/mol. The lowest BCUT2D eigenvalue weighted by Crippen LogP contribution is -2.28. The van der Waals surface area contributed by atoms with Crippen LogP contribution in [0.3, 0.4) is 0 Å². The third-order valence-corrected chi connectivity index (χ3v) is 6.83. The number of nitrogens with one attached hydrogen (secondary N) is 2. The van der Waals surface area contributed by atoms with Crippen LogP contribution in [0.4, 0.5) is 5.82 Å². The molecule has 0 fully saturated rings. The lowest BCUT2D eigenvalue weighted by atomic mass is 10.1. The highest BCUT2D eigenvalue weighted by Gasteiger charge is 2.26. The van der Waals surface area contributed by atoms with Crippen molar-refractivity contribution in [1.82, 2.24) is 14.3 Å². The number of aryl methyl sites for hydroxylation is 1. The quantitative estimate of drug-likeness (QED) is 0.452. The number of fused-ring (bicyclic) bond motifs is 2. The van der Waals surface area contributed by atoms with E-state index in [-0.39, 0.29) is 13.3 Å². The van der Waals surface area contributed by atoms with E-state index in [1.54, 1.807) is 0 Å². The average Bonchev–Trinajstić information content (AvgIpc) is 3.46. The largest absolute Gasteiger partial charge is 0.461 e. The van der Waals surface area contributed by atoms with Crippen LogP contribution in [0.5, 0.6) is 11.5 Å². The van der Waals surface area contributed by atoms with Crippen LogP contribution in [-0.2, 0) is 16.6 Å².